The van der Waals surface area contributed by atoms with Crippen LogP contribution in [-0.2, 0) is 0 Å². The van der Waals surface area contributed by atoms with Crippen molar-refractivity contribution in [3.63, 3.8) is 0 Å². The smallest absolute Gasteiger partial charge is 0.337 e. The molecule has 0 aliphatic heterocycles. The lowest BCUT2D eigenvalue weighted by atomic mass is 9.81. The van der Waals surface area contributed by atoms with E-state index in [2.05, 4.69) is 12.2 Å². The Hall–Kier alpha value is -1.58. The minimum Gasteiger partial charge on any atom is -0.478 e. The molecule has 0 spiro atoms. The number of nitrogens with one attached hydrogen (secondary N) is 1. The van der Waals surface area contributed by atoms with Crippen molar-refractivity contribution in [3.8, 4) is 0 Å². The first-order valence-electron chi connectivity index (χ1n) is 7.33. The van der Waals surface area contributed by atoms with Crippen LogP contribution < -0.4 is 5.32 Å². The highest BCUT2D eigenvalue weighted by atomic mass is 19.1. The largest absolute Gasteiger partial charge is 0.478 e. The normalized spacial score (nSPS) is 22.5. The van der Waals surface area contributed by atoms with E-state index < -0.39 is 11.8 Å². The average Bonchev–Trinajstić information content (AvgIpc) is 2.42. The molecule has 0 heterocycles. The number of rotatable bonds is 5. The van der Waals surface area contributed by atoms with Gasteiger partial charge in [-0.3, -0.25) is 0 Å². The van der Waals surface area contributed by atoms with Crippen LogP contribution >= 0.6 is 0 Å². The number of hydrogen-bond donors (Lipinski definition) is 2. The minimum absolute atomic E-state index is 0.00210. The van der Waals surface area contributed by atoms with E-state index in [1.54, 1.807) is 0 Å². The maximum Gasteiger partial charge on any atom is 0.337 e. The van der Waals surface area contributed by atoms with Gasteiger partial charge >= 0.3 is 5.97 Å². The minimum atomic E-state index is -1.10. The van der Waals surface area contributed by atoms with Gasteiger partial charge in [0.2, 0.25) is 0 Å². The number of halogens is 1. The standard InChI is InChI=1S/C16H22FNO2/c1-11-5-7-12(8-6-11)9-10-18-15-13(16(19)20)3-2-4-14(15)17/h2-4,11-12,18H,5-10H2,1H3,(H,19,20). The van der Waals surface area contributed by atoms with E-state index in [4.69, 9.17) is 5.11 Å². The third-order valence-corrected chi connectivity index (χ3v) is 4.23. The Morgan fingerprint density at radius 1 is 1.35 bits per heavy atom. The second-order valence-corrected chi connectivity index (χ2v) is 5.81. The summed E-state index contributed by atoms with van der Waals surface area (Å²) in [5.74, 6) is -0.0937. The van der Waals surface area contributed by atoms with Crippen molar-refractivity contribution in [2.24, 2.45) is 11.8 Å². The maximum absolute atomic E-state index is 13.7. The molecule has 3 nitrogen and oxygen atoms in total. The fraction of sp³-hybridized carbons (Fsp3) is 0.562. The molecule has 0 saturated heterocycles. The second kappa shape index (κ2) is 6.73. The number of hydrogen-bond acceptors (Lipinski definition) is 2. The van der Waals surface area contributed by atoms with Crippen molar-refractivity contribution in [2.75, 3.05) is 11.9 Å². The Morgan fingerprint density at radius 3 is 2.70 bits per heavy atom. The quantitative estimate of drug-likeness (QED) is 0.851. The zero-order chi connectivity index (χ0) is 14.5. The molecule has 1 aliphatic carbocycles. The second-order valence-electron chi connectivity index (χ2n) is 5.81. The van der Waals surface area contributed by atoms with Gasteiger partial charge in [0.05, 0.1) is 11.3 Å². The van der Waals surface area contributed by atoms with E-state index in [9.17, 15) is 9.18 Å². The van der Waals surface area contributed by atoms with Crippen molar-refractivity contribution >= 4 is 11.7 Å². The highest BCUT2D eigenvalue weighted by molar-refractivity contribution is 5.94. The highest BCUT2D eigenvalue weighted by Crippen LogP contribution is 2.30. The Kier molecular flexibility index (Phi) is 4.99. The van der Waals surface area contributed by atoms with Gasteiger partial charge in [-0.2, -0.15) is 0 Å². The monoisotopic (exact) mass is 279 g/mol. The molecule has 1 saturated carbocycles. The zero-order valence-corrected chi connectivity index (χ0v) is 11.9. The summed E-state index contributed by atoms with van der Waals surface area (Å²) in [6.45, 7) is 2.91. The van der Waals surface area contributed by atoms with Crippen LogP contribution in [0.1, 0.15) is 49.4 Å². The maximum atomic E-state index is 13.7. The molecule has 1 aliphatic rings. The number of para-hydroxylation sites is 1. The summed E-state index contributed by atoms with van der Waals surface area (Å²) < 4.78 is 13.7. The summed E-state index contributed by atoms with van der Waals surface area (Å²) in [4.78, 5) is 11.1. The molecule has 2 N–H and O–H groups in total. The van der Waals surface area contributed by atoms with Crippen LogP contribution in [0.25, 0.3) is 0 Å². The molecule has 1 aromatic carbocycles. The number of carboxylic acid groups (broad SMARTS) is 1. The number of carboxylic acids is 1. The Balaban J connectivity index is 1.89. The van der Waals surface area contributed by atoms with Crippen LogP contribution in [0, 0.1) is 17.7 Å². The van der Waals surface area contributed by atoms with Crippen LogP contribution in [0.5, 0.6) is 0 Å². The molecule has 1 aromatic rings. The molecule has 0 atom stereocenters. The molecule has 4 heteroatoms. The van der Waals surface area contributed by atoms with Crippen molar-refractivity contribution in [3.05, 3.63) is 29.6 Å². The predicted octanol–water partition coefficient (Wildman–Crippen LogP) is 4.15. The van der Waals surface area contributed by atoms with Gasteiger partial charge in [-0.1, -0.05) is 38.7 Å². The van der Waals surface area contributed by atoms with Crippen molar-refractivity contribution < 1.29 is 14.3 Å². The number of aromatic carboxylic acids is 1. The van der Waals surface area contributed by atoms with E-state index >= 15 is 0 Å². The van der Waals surface area contributed by atoms with Gasteiger partial charge < -0.3 is 10.4 Å². The van der Waals surface area contributed by atoms with Gasteiger partial charge in [-0.05, 0) is 30.4 Å². The predicted molar refractivity (Wildman–Crippen MR) is 77.6 cm³/mol. The summed E-state index contributed by atoms with van der Waals surface area (Å²) in [6.07, 6.45) is 5.97. The number of anilines is 1. The highest BCUT2D eigenvalue weighted by Gasteiger charge is 2.18. The molecule has 0 amide bonds. The van der Waals surface area contributed by atoms with Crippen molar-refractivity contribution in [1.82, 2.24) is 0 Å². The topological polar surface area (TPSA) is 49.3 Å². The van der Waals surface area contributed by atoms with E-state index in [1.165, 1.54) is 43.9 Å². The molecular weight excluding hydrogens is 257 g/mol. The zero-order valence-electron chi connectivity index (χ0n) is 11.9. The third-order valence-electron chi connectivity index (χ3n) is 4.23. The Morgan fingerprint density at radius 2 is 2.05 bits per heavy atom. The Labute approximate surface area is 119 Å². The molecule has 2 rings (SSSR count). The summed E-state index contributed by atoms with van der Waals surface area (Å²) in [5, 5.41) is 12.0. The first-order valence-corrected chi connectivity index (χ1v) is 7.33. The van der Waals surface area contributed by atoms with E-state index in [-0.39, 0.29) is 11.3 Å². The van der Waals surface area contributed by atoms with Gasteiger partial charge in [-0.25, -0.2) is 9.18 Å². The summed E-state index contributed by atoms with van der Waals surface area (Å²) in [5.41, 5.74) is 0.117. The summed E-state index contributed by atoms with van der Waals surface area (Å²) in [6, 6.07) is 4.14. The van der Waals surface area contributed by atoms with E-state index in [1.807, 2.05) is 0 Å². The van der Waals surface area contributed by atoms with Gasteiger partial charge in [-0.15, -0.1) is 0 Å². The van der Waals surface area contributed by atoms with Crippen LogP contribution in [0.15, 0.2) is 18.2 Å². The molecule has 0 bridgehead atoms. The molecule has 0 unspecified atom stereocenters. The lowest BCUT2D eigenvalue weighted by Gasteiger charge is -2.26. The van der Waals surface area contributed by atoms with E-state index in [0.29, 0.717) is 12.5 Å². The fourth-order valence-electron chi connectivity index (χ4n) is 2.90. The summed E-state index contributed by atoms with van der Waals surface area (Å²) >= 11 is 0. The summed E-state index contributed by atoms with van der Waals surface area (Å²) in [7, 11) is 0. The van der Waals surface area contributed by atoms with Gasteiger partial charge in [0.25, 0.3) is 0 Å². The number of carbonyl (C=O) groups is 1. The molecule has 0 radical (unpaired) electrons. The molecule has 0 aromatic heterocycles. The molecule has 20 heavy (non-hydrogen) atoms. The van der Waals surface area contributed by atoms with Gasteiger partial charge in [0, 0.05) is 6.54 Å². The molecule has 110 valence electrons. The first-order chi connectivity index (χ1) is 9.58. The van der Waals surface area contributed by atoms with Gasteiger partial charge in [0.15, 0.2) is 0 Å². The average molecular weight is 279 g/mol. The molecule has 1 fully saturated rings. The van der Waals surface area contributed by atoms with Crippen LogP contribution in [-0.4, -0.2) is 17.6 Å². The first kappa shape index (κ1) is 14.8. The van der Waals surface area contributed by atoms with Gasteiger partial charge in [0.1, 0.15) is 5.82 Å². The SMILES string of the molecule is CC1CCC(CCNc2c(F)cccc2C(=O)O)CC1. The van der Waals surface area contributed by atoms with Crippen LogP contribution in [0.2, 0.25) is 0 Å². The van der Waals surface area contributed by atoms with Crippen LogP contribution in [0.4, 0.5) is 10.1 Å². The third kappa shape index (κ3) is 3.71. The lowest BCUT2D eigenvalue weighted by Crippen LogP contribution is -2.17. The molecular formula is C16H22FNO2. The van der Waals surface area contributed by atoms with Crippen molar-refractivity contribution in [2.45, 2.75) is 39.0 Å². The Bertz CT molecular complexity index is 468. The number of benzene rings is 1. The van der Waals surface area contributed by atoms with Crippen molar-refractivity contribution in [1.29, 1.82) is 0 Å². The lowest BCUT2D eigenvalue weighted by molar-refractivity contribution is 0.0697. The van der Waals surface area contributed by atoms with Crippen LogP contribution in [0.3, 0.4) is 0 Å². The fourth-order valence-corrected chi connectivity index (χ4v) is 2.90. The van der Waals surface area contributed by atoms with E-state index in [0.717, 1.165) is 12.3 Å².